The lowest BCUT2D eigenvalue weighted by Crippen LogP contribution is -2.27. The summed E-state index contributed by atoms with van der Waals surface area (Å²) in [4.78, 5) is 43.6. The third-order valence-electron chi connectivity index (χ3n) is 3.64. The second kappa shape index (κ2) is 6.21. The zero-order chi connectivity index (χ0) is 19.1. The molecule has 0 radical (unpaired) electrons. The number of nitrogens with one attached hydrogen (secondary N) is 1. The Balaban J connectivity index is 1.93. The number of amides is 1. The number of carbonyl (C=O) groups excluding carboxylic acids is 2. The number of benzene rings is 1. The molecule has 0 spiro atoms. The number of aromatic nitrogens is 1. The van der Waals surface area contributed by atoms with Crippen LogP contribution in [0, 0.1) is 5.92 Å². The Bertz CT molecular complexity index is 959. The number of hydrogen-bond acceptors (Lipinski definition) is 6. The summed E-state index contributed by atoms with van der Waals surface area (Å²) in [5.41, 5.74) is 0.803. The van der Waals surface area contributed by atoms with E-state index < -0.39 is 29.4 Å². The first-order valence-electron chi connectivity index (χ1n) is 7.90. The van der Waals surface area contributed by atoms with Crippen LogP contribution in [0.25, 0.3) is 10.9 Å². The summed E-state index contributed by atoms with van der Waals surface area (Å²) < 4.78 is 5.19. The Morgan fingerprint density at radius 1 is 1.27 bits per heavy atom. The molecule has 0 bridgehead atoms. The molecule has 26 heavy (non-hydrogen) atoms. The van der Waals surface area contributed by atoms with Gasteiger partial charge in [-0.1, -0.05) is 6.07 Å². The number of aliphatic carboxylic acids is 1. The van der Waals surface area contributed by atoms with E-state index in [1.165, 1.54) is 12.3 Å². The lowest BCUT2D eigenvalue weighted by atomic mass is 9.93. The van der Waals surface area contributed by atoms with Crippen LogP contribution < -0.4 is 5.32 Å². The predicted molar refractivity (Wildman–Crippen MR) is 95.2 cm³/mol. The molecule has 1 aliphatic rings. The first-order chi connectivity index (χ1) is 12.2. The largest absolute Gasteiger partial charge is 0.480 e. The van der Waals surface area contributed by atoms with Crippen molar-refractivity contribution in [3.63, 3.8) is 0 Å². The molecule has 1 unspecified atom stereocenters. The molecule has 8 heteroatoms. The molecule has 3 rings (SSSR count). The van der Waals surface area contributed by atoms with E-state index in [-0.39, 0.29) is 5.56 Å². The van der Waals surface area contributed by atoms with Crippen LogP contribution in [0.4, 0.5) is 16.2 Å². The smallest absolute Gasteiger partial charge is 0.412 e. The van der Waals surface area contributed by atoms with Crippen LogP contribution in [0.15, 0.2) is 29.4 Å². The van der Waals surface area contributed by atoms with Crippen molar-refractivity contribution in [1.29, 1.82) is 0 Å². The Hall–Kier alpha value is -3.29. The number of carbonyl (C=O) groups is 3. The van der Waals surface area contributed by atoms with Crippen LogP contribution in [0.3, 0.4) is 0 Å². The van der Waals surface area contributed by atoms with E-state index in [4.69, 9.17) is 9.84 Å². The highest BCUT2D eigenvalue weighted by atomic mass is 16.6. The van der Waals surface area contributed by atoms with Gasteiger partial charge >= 0.3 is 12.1 Å². The monoisotopic (exact) mass is 355 g/mol. The molecule has 1 aromatic heterocycles. The van der Waals surface area contributed by atoms with Crippen molar-refractivity contribution in [3.8, 4) is 0 Å². The predicted octanol–water partition coefficient (Wildman–Crippen LogP) is 3.18. The summed E-state index contributed by atoms with van der Waals surface area (Å²) in [6.45, 7) is 5.28. The zero-order valence-electron chi connectivity index (χ0n) is 14.4. The van der Waals surface area contributed by atoms with Gasteiger partial charge in [-0.05, 0) is 32.9 Å². The zero-order valence-corrected chi connectivity index (χ0v) is 14.4. The van der Waals surface area contributed by atoms with E-state index in [2.05, 4.69) is 15.3 Å². The number of hydrogen-bond donors (Lipinski definition) is 2. The van der Waals surface area contributed by atoms with Crippen LogP contribution >= 0.6 is 0 Å². The number of carboxylic acid groups (broad SMARTS) is 1. The van der Waals surface area contributed by atoms with Gasteiger partial charge in [0.2, 0.25) is 0 Å². The lowest BCUT2D eigenvalue weighted by Gasteiger charge is -2.20. The summed E-state index contributed by atoms with van der Waals surface area (Å²) in [5, 5.41) is 12.3. The van der Waals surface area contributed by atoms with E-state index in [0.717, 1.165) is 6.21 Å². The highest BCUT2D eigenvalue weighted by molar-refractivity contribution is 6.24. The van der Waals surface area contributed by atoms with Gasteiger partial charge in [0.1, 0.15) is 5.60 Å². The summed E-state index contributed by atoms with van der Waals surface area (Å²) in [7, 11) is 0. The summed E-state index contributed by atoms with van der Waals surface area (Å²) in [5.74, 6) is -3.05. The molecule has 0 saturated carbocycles. The van der Waals surface area contributed by atoms with Crippen molar-refractivity contribution in [1.82, 2.24) is 4.98 Å². The molecule has 2 N–H and O–H groups in total. The molecule has 0 aliphatic carbocycles. The molecule has 8 nitrogen and oxygen atoms in total. The number of ketones is 1. The van der Waals surface area contributed by atoms with E-state index in [9.17, 15) is 14.4 Å². The Labute approximate surface area is 148 Å². The number of nitrogens with zero attached hydrogens (tertiary/aromatic N) is 2. The van der Waals surface area contributed by atoms with Gasteiger partial charge in [-0.3, -0.25) is 24.9 Å². The van der Waals surface area contributed by atoms with Gasteiger partial charge in [0, 0.05) is 17.2 Å². The number of pyridine rings is 1. The fourth-order valence-corrected chi connectivity index (χ4v) is 2.57. The highest BCUT2D eigenvalue weighted by Crippen LogP contribution is 2.34. The Kier molecular flexibility index (Phi) is 4.19. The van der Waals surface area contributed by atoms with Crippen LogP contribution in [-0.2, 0) is 9.53 Å². The van der Waals surface area contributed by atoms with Gasteiger partial charge in [0.25, 0.3) is 0 Å². The quantitative estimate of drug-likeness (QED) is 0.799. The molecule has 0 saturated heterocycles. The van der Waals surface area contributed by atoms with Gasteiger partial charge in [0.05, 0.1) is 23.1 Å². The highest BCUT2D eigenvalue weighted by Gasteiger charge is 2.31. The van der Waals surface area contributed by atoms with Crippen molar-refractivity contribution in [2.45, 2.75) is 26.4 Å². The summed E-state index contributed by atoms with van der Waals surface area (Å²) >= 11 is 0. The lowest BCUT2D eigenvalue weighted by molar-refractivity contribution is -0.137. The maximum atomic E-state index is 12.3. The molecule has 1 aromatic carbocycles. The average Bonchev–Trinajstić information content (AvgIpc) is 2.52. The van der Waals surface area contributed by atoms with Crippen LogP contribution in [0.5, 0.6) is 0 Å². The standard InChI is InChI=1S/C18H17N3O5/c1-18(2,3)26-17(25)21-10-6-9-4-5-11-14(13(9)19-7-10)20-8-12(15(11)22)16(23)24/h4-8,12H,1-3H3,(H,21,25)(H,23,24). The maximum absolute atomic E-state index is 12.3. The number of carboxylic acids is 1. The Morgan fingerprint density at radius 3 is 2.65 bits per heavy atom. The molecular formula is C18H17N3O5. The van der Waals surface area contributed by atoms with Gasteiger partial charge in [-0.2, -0.15) is 0 Å². The van der Waals surface area contributed by atoms with E-state index in [1.54, 1.807) is 32.9 Å². The normalized spacial score (nSPS) is 16.3. The third kappa shape index (κ3) is 3.39. The van der Waals surface area contributed by atoms with Crippen molar-refractivity contribution in [2.24, 2.45) is 10.9 Å². The summed E-state index contributed by atoms with van der Waals surface area (Å²) in [6.07, 6.45) is 1.94. The SMILES string of the molecule is CC(C)(C)OC(=O)Nc1cnc2c3c(ccc2c1)C(=O)C(C(=O)O)C=N3. The molecule has 1 atom stereocenters. The molecule has 1 aliphatic heterocycles. The molecule has 134 valence electrons. The van der Waals surface area contributed by atoms with Crippen LogP contribution in [0.1, 0.15) is 31.1 Å². The minimum Gasteiger partial charge on any atom is -0.480 e. The van der Waals surface area contributed by atoms with Crippen molar-refractivity contribution >= 4 is 46.3 Å². The van der Waals surface area contributed by atoms with Gasteiger partial charge < -0.3 is 9.84 Å². The van der Waals surface area contributed by atoms with E-state index in [1.807, 2.05) is 0 Å². The van der Waals surface area contributed by atoms with Crippen molar-refractivity contribution in [2.75, 3.05) is 5.32 Å². The number of Topliss-reactive ketones (excluding diaryl/α,β-unsaturated/α-hetero) is 1. The molecule has 2 heterocycles. The molecule has 1 amide bonds. The van der Waals surface area contributed by atoms with Gasteiger partial charge in [0.15, 0.2) is 11.7 Å². The number of anilines is 1. The summed E-state index contributed by atoms with van der Waals surface area (Å²) in [6, 6.07) is 4.83. The number of aliphatic imine (C=N–C) groups is 1. The fourth-order valence-electron chi connectivity index (χ4n) is 2.57. The van der Waals surface area contributed by atoms with E-state index in [0.29, 0.717) is 22.3 Å². The van der Waals surface area contributed by atoms with Crippen LogP contribution in [0.2, 0.25) is 0 Å². The van der Waals surface area contributed by atoms with Gasteiger partial charge in [-0.15, -0.1) is 0 Å². The molecular weight excluding hydrogens is 338 g/mol. The first kappa shape index (κ1) is 17.5. The molecule has 0 fully saturated rings. The number of fused-ring (bicyclic) bond motifs is 3. The number of rotatable bonds is 2. The Morgan fingerprint density at radius 2 is 2.00 bits per heavy atom. The minimum absolute atomic E-state index is 0.216. The van der Waals surface area contributed by atoms with Crippen molar-refractivity contribution in [3.05, 3.63) is 30.0 Å². The topological polar surface area (TPSA) is 118 Å². The number of ether oxygens (including phenoxy) is 1. The fraction of sp³-hybridized carbons (Fsp3) is 0.278. The minimum atomic E-state index is -1.28. The molecule has 2 aromatic rings. The average molecular weight is 355 g/mol. The maximum Gasteiger partial charge on any atom is 0.412 e. The second-order valence-corrected chi connectivity index (χ2v) is 6.84. The van der Waals surface area contributed by atoms with E-state index >= 15 is 0 Å². The second-order valence-electron chi connectivity index (χ2n) is 6.84. The third-order valence-corrected chi connectivity index (χ3v) is 3.64. The van der Waals surface area contributed by atoms with Gasteiger partial charge in [-0.25, -0.2) is 4.79 Å². The van der Waals surface area contributed by atoms with Crippen molar-refractivity contribution < 1.29 is 24.2 Å². The van der Waals surface area contributed by atoms with Crippen LogP contribution in [-0.4, -0.2) is 39.8 Å². The first-order valence-corrected chi connectivity index (χ1v) is 7.90.